The van der Waals surface area contributed by atoms with Gasteiger partial charge in [-0.25, -0.2) is 10.4 Å². The van der Waals surface area contributed by atoms with Gasteiger partial charge in [0, 0.05) is 37.9 Å². The van der Waals surface area contributed by atoms with E-state index in [1.165, 1.54) is 16.9 Å². The van der Waals surface area contributed by atoms with Crippen LogP contribution in [0.3, 0.4) is 0 Å². The van der Waals surface area contributed by atoms with Gasteiger partial charge in [-0.05, 0) is 72.6 Å². The van der Waals surface area contributed by atoms with Crippen molar-refractivity contribution in [2.45, 2.75) is 6.92 Å². The van der Waals surface area contributed by atoms with Crippen molar-refractivity contribution in [1.82, 2.24) is 15.0 Å². The van der Waals surface area contributed by atoms with E-state index in [2.05, 4.69) is 97.9 Å². The zero-order valence-electron chi connectivity index (χ0n) is 26.0. The van der Waals surface area contributed by atoms with Crippen LogP contribution >= 0.6 is 27.3 Å². The third-order valence-electron chi connectivity index (χ3n) is 7.85. The van der Waals surface area contributed by atoms with Crippen LogP contribution in [0.15, 0.2) is 154 Å². The largest absolute Gasteiger partial charge is 0.332 e. The van der Waals surface area contributed by atoms with Gasteiger partial charge in [-0.1, -0.05) is 106 Å². The Kier molecular flexibility index (Phi) is 9.09. The maximum absolute atomic E-state index is 13.2. The monoisotopic (exact) mass is 707 g/mol. The van der Waals surface area contributed by atoms with Gasteiger partial charge in [-0.15, -0.1) is 11.3 Å². The van der Waals surface area contributed by atoms with Gasteiger partial charge in [0.25, 0.3) is 5.91 Å². The Labute approximate surface area is 291 Å². The summed E-state index contributed by atoms with van der Waals surface area (Å²) in [6.45, 7) is 2.06. The first-order valence-electron chi connectivity index (χ1n) is 15.4. The molecule has 0 aliphatic carbocycles. The number of halogens is 1. The van der Waals surface area contributed by atoms with E-state index >= 15 is 0 Å². The number of nitrogens with zero attached hydrogens (tertiary/aromatic N) is 3. The molecule has 8 heteroatoms. The fourth-order valence-electron chi connectivity index (χ4n) is 5.44. The average molecular weight is 709 g/mol. The molecule has 2 aromatic heterocycles. The van der Waals surface area contributed by atoms with Crippen LogP contribution in [0.2, 0.25) is 0 Å². The van der Waals surface area contributed by atoms with Gasteiger partial charge in [-0.2, -0.15) is 5.10 Å². The van der Waals surface area contributed by atoms with Crippen molar-refractivity contribution >= 4 is 50.2 Å². The van der Waals surface area contributed by atoms with Gasteiger partial charge in [0.2, 0.25) is 0 Å². The number of carbonyl (C=O) groups is 1. The minimum Gasteiger partial charge on any atom is -0.332 e. The summed E-state index contributed by atoms with van der Waals surface area (Å²) in [6, 6.07) is 46.4. The van der Waals surface area contributed by atoms with Crippen LogP contribution in [0.1, 0.15) is 21.5 Å². The molecule has 0 saturated carbocycles. The van der Waals surface area contributed by atoms with Gasteiger partial charge in [0.15, 0.2) is 5.13 Å². The Hall–Kier alpha value is -5.57. The molecule has 7 rings (SSSR count). The number of carbonyl (C=O) groups excluding carboxylic acids is 1. The minimum atomic E-state index is -0.297. The Morgan fingerprint density at radius 3 is 2.15 bits per heavy atom. The first-order chi connectivity index (χ1) is 23.5. The Morgan fingerprint density at radius 1 is 0.792 bits per heavy atom. The molecule has 5 aromatic carbocycles. The summed E-state index contributed by atoms with van der Waals surface area (Å²) in [5.41, 5.74) is 13.2. The normalized spacial score (nSPS) is 11.1. The standard InChI is InChI=1S/C40H30BrN5OS/c1-27-12-20-34(21-13-27)43-40-44-36(26-48-40)28-14-16-31(17-15-28)39(47)45-42-25-32-24-37(29-8-4-2-5-9-29)46(35-22-18-33(41)19-23-35)38(32)30-10-6-3-7-11-30/h2-26H,1H3,(H,43,44)(H,45,47)/b42-25-. The second-order valence-electron chi connectivity index (χ2n) is 11.2. The predicted octanol–water partition coefficient (Wildman–Crippen LogP) is 10.5. The van der Waals surface area contributed by atoms with Gasteiger partial charge in [0.05, 0.1) is 23.3 Å². The number of hydrogen-bond acceptors (Lipinski definition) is 5. The Bertz CT molecular complexity index is 2190. The molecule has 0 unspecified atom stereocenters. The molecule has 0 aliphatic heterocycles. The maximum Gasteiger partial charge on any atom is 0.271 e. The zero-order valence-corrected chi connectivity index (χ0v) is 28.4. The highest BCUT2D eigenvalue weighted by molar-refractivity contribution is 9.10. The van der Waals surface area contributed by atoms with E-state index in [4.69, 9.17) is 4.98 Å². The lowest BCUT2D eigenvalue weighted by Gasteiger charge is -2.15. The number of thiazole rings is 1. The van der Waals surface area contributed by atoms with Crippen molar-refractivity contribution in [2.24, 2.45) is 5.10 Å². The lowest BCUT2D eigenvalue weighted by atomic mass is 10.1. The van der Waals surface area contributed by atoms with Gasteiger partial charge in [-0.3, -0.25) is 4.79 Å². The Morgan fingerprint density at radius 2 is 1.46 bits per heavy atom. The van der Waals surface area contributed by atoms with Gasteiger partial charge in [0.1, 0.15) is 0 Å². The van der Waals surface area contributed by atoms with E-state index in [-0.39, 0.29) is 5.91 Å². The number of hydrogen-bond donors (Lipinski definition) is 2. The summed E-state index contributed by atoms with van der Waals surface area (Å²) in [6.07, 6.45) is 1.72. The molecule has 234 valence electrons. The molecule has 0 fully saturated rings. The van der Waals surface area contributed by atoms with Crippen LogP contribution in [-0.2, 0) is 0 Å². The number of rotatable bonds is 9. The number of benzene rings is 5. The van der Waals surface area contributed by atoms with Crippen LogP contribution in [0.5, 0.6) is 0 Å². The van der Waals surface area contributed by atoms with Crippen molar-refractivity contribution in [3.63, 3.8) is 0 Å². The van der Waals surface area contributed by atoms with Crippen molar-refractivity contribution in [2.75, 3.05) is 5.32 Å². The number of anilines is 2. The van der Waals surface area contributed by atoms with Crippen LogP contribution in [0, 0.1) is 6.92 Å². The van der Waals surface area contributed by atoms with E-state index in [9.17, 15) is 4.79 Å². The molecule has 2 N–H and O–H groups in total. The van der Waals surface area contributed by atoms with Gasteiger partial charge < -0.3 is 9.88 Å². The predicted molar refractivity (Wildman–Crippen MR) is 201 cm³/mol. The highest BCUT2D eigenvalue weighted by atomic mass is 79.9. The third-order valence-corrected chi connectivity index (χ3v) is 9.14. The summed E-state index contributed by atoms with van der Waals surface area (Å²) in [5, 5.41) is 10.6. The summed E-state index contributed by atoms with van der Waals surface area (Å²) >= 11 is 5.11. The average Bonchev–Trinajstić information content (AvgIpc) is 3.75. The molecule has 1 amide bonds. The van der Waals surface area contributed by atoms with Crippen LogP contribution in [-0.4, -0.2) is 21.7 Å². The fourth-order valence-corrected chi connectivity index (χ4v) is 6.45. The number of aryl methyl sites for hydroxylation is 1. The minimum absolute atomic E-state index is 0.297. The second-order valence-corrected chi connectivity index (χ2v) is 13.0. The van der Waals surface area contributed by atoms with E-state index in [1.807, 2.05) is 78.2 Å². The van der Waals surface area contributed by atoms with Crippen molar-refractivity contribution in [3.8, 4) is 39.5 Å². The van der Waals surface area contributed by atoms with E-state index in [0.29, 0.717) is 5.56 Å². The summed E-state index contributed by atoms with van der Waals surface area (Å²) in [4.78, 5) is 17.9. The molecule has 7 aromatic rings. The molecule has 0 saturated heterocycles. The molecule has 0 atom stereocenters. The highest BCUT2D eigenvalue weighted by Gasteiger charge is 2.19. The van der Waals surface area contributed by atoms with E-state index in [0.717, 1.165) is 60.3 Å². The molecule has 0 spiro atoms. The molecule has 6 nitrogen and oxygen atoms in total. The topological polar surface area (TPSA) is 71.3 Å². The first kappa shape index (κ1) is 31.1. The zero-order chi connectivity index (χ0) is 32.9. The first-order valence-corrected chi connectivity index (χ1v) is 17.0. The summed E-state index contributed by atoms with van der Waals surface area (Å²) in [5.74, 6) is -0.297. The smallest absolute Gasteiger partial charge is 0.271 e. The molecule has 2 heterocycles. The van der Waals surface area contributed by atoms with Crippen molar-refractivity contribution in [3.05, 3.63) is 166 Å². The molecule has 0 aliphatic rings. The summed E-state index contributed by atoms with van der Waals surface area (Å²) in [7, 11) is 0. The molecule has 0 bridgehead atoms. The number of nitrogens with one attached hydrogen (secondary N) is 2. The highest BCUT2D eigenvalue weighted by Crippen LogP contribution is 2.36. The second kappa shape index (κ2) is 14.0. The van der Waals surface area contributed by atoms with Crippen LogP contribution in [0.4, 0.5) is 10.8 Å². The molecular formula is C40H30BrN5OS. The lowest BCUT2D eigenvalue weighted by Crippen LogP contribution is -2.17. The number of aromatic nitrogens is 2. The molecule has 48 heavy (non-hydrogen) atoms. The van der Waals surface area contributed by atoms with E-state index < -0.39 is 0 Å². The van der Waals surface area contributed by atoms with Gasteiger partial charge >= 0.3 is 0 Å². The number of hydrazone groups is 1. The molecule has 0 radical (unpaired) electrons. The SMILES string of the molecule is Cc1ccc(Nc2nc(-c3ccc(C(=O)N/N=C\c4cc(-c5ccccc5)n(-c5ccc(Br)cc5)c4-c4ccccc4)cc3)cs2)cc1. The third kappa shape index (κ3) is 6.90. The lowest BCUT2D eigenvalue weighted by molar-refractivity contribution is 0.0955. The maximum atomic E-state index is 13.2. The summed E-state index contributed by atoms with van der Waals surface area (Å²) < 4.78 is 3.24. The van der Waals surface area contributed by atoms with Crippen LogP contribution < -0.4 is 10.7 Å². The fraction of sp³-hybridized carbons (Fsp3) is 0.0250. The van der Waals surface area contributed by atoms with Crippen molar-refractivity contribution in [1.29, 1.82) is 0 Å². The number of amides is 1. The quantitative estimate of drug-likeness (QED) is 0.116. The molecular weight excluding hydrogens is 678 g/mol. The van der Waals surface area contributed by atoms with E-state index in [1.54, 1.807) is 18.3 Å². The van der Waals surface area contributed by atoms with Crippen molar-refractivity contribution < 1.29 is 4.79 Å². The van der Waals surface area contributed by atoms with Crippen LogP contribution in [0.25, 0.3) is 39.5 Å². The Balaban J connectivity index is 1.13.